The van der Waals surface area contributed by atoms with Crippen molar-refractivity contribution >= 4 is 17.7 Å². The summed E-state index contributed by atoms with van der Waals surface area (Å²) in [4.78, 5) is 44.1. The van der Waals surface area contributed by atoms with Crippen LogP contribution in [0.5, 0.6) is 5.75 Å². The number of methoxy groups -OCH3 is 1. The number of nitrogens with zero attached hydrogens (tertiary/aromatic N) is 1. The van der Waals surface area contributed by atoms with Crippen LogP contribution in [0.2, 0.25) is 0 Å². The van der Waals surface area contributed by atoms with Crippen molar-refractivity contribution in [2.45, 2.75) is 129 Å². The van der Waals surface area contributed by atoms with E-state index in [0.29, 0.717) is 81.2 Å². The third-order valence-corrected chi connectivity index (χ3v) is 13.9. The van der Waals surface area contributed by atoms with Gasteiger partial charge in [-0.25, -0.2) is 0 Å². The minimum absolute atomic E-state index is 0.110. The molecule has 0 radical (unpaired) electrons. The Morgan fingerprint density at radius 1 is 1.00 bits per heavy atom. The quantitative estimate of drug-likeness (QED) is 0.169. The Labute approximate surface area is 303 Å². The van der Waals surface area contributed by atoms with Crippen LogP contribution in [-0.2, 0) is 20.7 Å². The smallest absolute Gasteiger partial charge is 0.313 e. The molecular weight excluding hydrogens is 642 g/mol. The van der Waals surface area contributed by atoms with Crippen molar-refractivity contribution in [2.24, 2.45) is 16.2 Å². The van der Waals surface area contributed by atoms with Crippen molar-refractivity contribution in [2.75, 3.05) is 20.2 Å². The van der Waals surface area contributed by atoms with Gasteiger partial charge in [0.25, 0.3) is 5.91 Å². The maximum atomic E-state index is 14.8. The molecule has 2 aromatic carbocycles. The fraction of sp³-hybridized carbons (Fsp3) is 0.605. The molecule has 1 aliphatic heterocycles. The summed E-state index contributed by atoms with van der Waals surface area (Å²) in [5, 5.41) is 24.0. The van der Waals surface area contributed by atoms with Crippen LogP contribution in [-0.4, -0.2) is 70.3 Å². The Hall–Kier alpha value is -3.49. The van der Waals surface area contributed by atoms with Crippen LogP contribution in [0.15, 0.2) is 54.1 Å². The number of carbonyl (C=O) groups is 3. The lowest BCUT2D eigenvalue weighted by molar-refractivity contribution is -0.177. The second-order valence-corrected chi connectivity index (χ2v) is 16.9. The molecule has 8 heteroatoms. The fourth-order valence-electron chi connectivity index (χ4n) is 9.91. The van der Waals surface area contributed by atoms with E-state index in [1.165, 1.54) is 5.57 Å². The summed E-state index contributed by atoms with van der Waals surface area (Å²) in [6.07, 6.45) is 7.72. The van der Waals surface area contributed by atoms with E-state index >= 15 is 0 Å². The van der Waals surface area contributed by atoms with E-state index in [4.69, 9.17) is 9.47 Å². The summed E-state index contributed by atoms with van der Waals surface area (Å²) in [5.74, 6) is -0.144. The number of rotatable bonds is 8. The molecule has 2 N–H and O–H groups in total. The van der Waals surface area contributed by atoms with Crippen LogP contribution in [0, 0.1) is 16.2 Å². The standard InChI is InChI=1S/C43H57NO7/c1-8-24-44(37(47)43-23-22-41(6,38(48)51-43)39(43,3)4)27-42(49)21-19-35-33-18-12-29(25-31(45)15-11-28(2)10-9-20-40(35,42)5)26-34(33)36(46)30-13-16-32(50-7)17-14-30/h10,12-14,16-18,26,31,35,45,49H,8-9,11,15,19-25,27H2,1-7H3. The van der Waals surface area contributed by atoms with Gasteiger partial charge < -0.3 is 24.6 Å². The highest BCUT2D eigenvalue weighted by Gasteiger charge is 2.76. The minimum Gasteiger partial charge on any atom is -0.497 e. The highest BCUT2D eigenvalue weighted by atomic mass is 16.6. The molecule has 276 valence electrons. The Morgan fingerprint density at radius 3 is 2.35 bits per heavy atom. The number of ketones is 1. The third-order valence-electron chi connectivity index (χ3n) is 13.9. The van der Waals surface area contributed by atoms with Gasteiger partial charge in [-0.05, 0) is 125 Å². The number of fused-ring (bicyclic) bond motifs is 10. The predicted molar refractivity (Wildman–Crippen MR) is 197 cm³/mol. The van der Waals surface area contributed by atoms with Gasteiger partial charge in [0.1, 0.15) is 5.75 Å². The highest BCUT2D eigenvalue weighted by molar-refractivity contribution is 6.10. The van der Waals surface area contributed by atoms with Gasteiger partial charge in [-0.15, -0.1) is 0 Å². The number of ether oxygens (including phenoxy) is 2. The predicted octanol–water partition coefficient (Wildman–Crippen LogP) is 7.33. The number of amides is 1. The van der Waals surface area contributed by atoms with E-state index in [9.17, 15) is 24.6 Å². The van der Waals surface area contributed by atoms with Gasteiger partial charge in [0.15, 0.2) is 11.4 Å². The SMILES string of the molecule is CCCN(CC1(O)CCC2c3ccc(cc3C(=O)c3ccc(OC)cc3)CC(O)CCC(C)=CCCC21C)C(=O)C12CCC(C)(C(=O)O1)C2(C)C. The number of allylic oxidation sites excluding steroid dienone is 2. The molecule has 5 aliphatic rings. The largest absolute Gasteiger partial charge is 0.497 e. The van der Waals surface area contributed by atoms with Gasteiger partial charge in [-0.1, -0.05) is 51.5 Å². The summed E-state index contributed by atoms with van der Waals surface area (Å²) < 4.78 is 11.4. The van der Waals surface area contributed by atoms with Crippen molar-refractivity contribution in [3.05, 3.63) is 76.4 Å². The number of esters is 1. The van der Waals surface area contributed by atoms with E-state index in [-0.39, 0.29) is 30.1 Å². The van der Waals surface area contributed by atoms with Gasteiger partial charge in [0, 0.05) is 28.5 Å². The number of hydrogen-bond donors (Lipinski definition) is 2. The van der Waals surface area contributed by atoms with Gasteiger partial charge in [0.05, 0.1) is 30.8 Å². The Morgan fingerprint density at radius 2 is 1.73 bits per heavy atom. The maximum Gasteiger partial charge on any atom is 0.313 e. The summed E-state index contributed by atoms with van der Waals surface area (Å²) >= 11 is 0. The highest BCUT2D eigenvalue weighted by Crippen LogP contribution is 2.66. The summed E-state index contributed by atoms with van der Waals surface area (Å²) in [6.45, 7) is 12.7. The minimum atomic E-state index is -1.28. The molecule has 4 bridgehead atoms. The first-order chi connectivity index (χ1) is 24.1. The zero-order chi connectivity index (χ0) is 37.0. The summed E-state index contributed by atoms with van der Waals surface area (Å²) in [5.41, 5.74) is -0.557. The van der Waals surface area contributed by atoms with Crippen molar-refractivity contribution in [3.63, 3.8) is 0 Å². The molecule has 7 rings (SSSR count). The van der Waals surface area contributed by atoms with Crippen LogP contribution < -0.4 is 4.74 Å². The monoisotopic (exact) mass is 699 g/mol. The first kappa shape index (κ1) is 37.3. The van der Waals surface area contributed by atoms with E-state index in [0.717, 1.165) is 17.5 Å². The Bertz CT molecular complexity index is 1710. The number of carbonyl (C=O) groups excluding carboxylic acids is 3. The summed E-state index contributed by atoms with van der Waals surface area (Å²) in [7, 11) is 1.60. The average molecular weight is 700 g/mol. The normalized spacial score (nSPS) is 32.9. The molecule has 1 amide bonds. The van der Waals surface area contributed by atoms with Crippen molar-refractivity contribution < 1.29 is 34.1 Å². The van der Waals surface area contributed by atoms with Crippen LogP contribution >= 0.6 is 0 Å². The van der Waals surface area contributed by atoms with Crippen LogP contribution in [0.1, 0.15) is 132 Å². The molecule has 0 aromatic heterocycles. The van der Waals surface area contributed by atoms with Gasteiger partial charge in [0.2, 0.25) is 0 Å². The maximum absolute atomic E-state index is 14.8. The van der Waals surface area contributed by atoms with Crippen molar-refractivity contribution in [1.82, 2.24) is 4.90 Å². The molecule has 1 heterocycles. The van der Waals surface area contributed by atoms with E-state index in [2.05, 4.69) is 19.9 Å². The molecule has 2 aromatic rings. The topological polar surface area (TPSA) is 113 Å². The van der Waals surface area contributed by atoms with E-state index < -0.39 is 33.6 Å². The van der Waals surface area contributed by atoms with Gasteiger partial charge in [-0.2, -0.15) is 0 Å². The van der Waals surface area contributed by atoms with E-state index in [1.54, 1.807) is 36.3 Å². The lowest BCUT2D eigenvalue weighted by Crippen LogP contribution is -2.60. The molecule has 8 nitrogen and oxygen atoms in total. The molecule has 6 unspecified atom stereocenters. The lowest BCUT2D eigenvalue weighted by atomic mass is 9.64. The molecule has 51 heavy (non-hydrogen) atoms. The van der Waals surface area contributed by atoms with Crippen molar-refractivity contribution in [1.29, 1.82) is 0 Å². The molecular formula is C43H57NO7. The first-order valence-corrected chi connectivity index (χ1v) is 19.0. The average Bonchev–Trinajstić information content (AvgIpc) is 3.54. The lowest BCUT2D eigenvalue weighted by Gasteiger charge is -2.47. The number of hydrogen-bond acceptors (Lipinski definition) is 7. The Kier molecular flexibility index (Phi) is 9.86. The fourth-order valence-corrected chi connectivity index (χ4v) is 9.91. The molecule has 3 fully saturated rings. The van der Waals surface area contributed by atoms with Crippen molar-refractivity contribution in [3.8, 4) is 5.75 Å². The third kappa shape index (κ3) is 5.94. The summed E-state index contributed by atoms with van der Waals surface area (Å²) in [6, 6.07) is 13.1. The Balaban J connectivity index is 1.42. The number of benzene rings is 2. The number of aliphatic hydroxyl groups excluding tert-OH is 1. The van der Waals surface area contributed by atoms with Crippen LogP contribution in [0.4, 0.5) is 0 Å². The van der Waals surface area contributed by atoms with Gasteiger partial charge >= 0.3 is 5.97 Å². The molecule has 2 saturated carbocycles. The first-order valence-electron chi connectivity index (χ1n) is 19.0. The molecule has 0 spiro atoms. The molecule has 6 atom stereocenters. The molecule has 1 saturated heterocycles. The second-order valence-electron chi connectivity index (χ2n) is 16.9. The second kappa shape index (κ2) is 13.5. The molecule has 4 aliphatic carbocycles. The van der Waals surface area contributed by atoms with Crippen LogP contribution in [0.3, 0.4) is 0 Å². The zero-order valence-electron chi connectivity index (χ0n) is 31.6. The van der Waals surface area contributed by atoms with Crippen LogP contribution in [0.25, 0.3) is 0 Å². The van der Waals surface area contributed by atoms with E-state index in [1.807, 2.05) is 45.9 Å². The van der Waals surface area contributed by atoms with Gasteiger partial charge in [-0.3, -0.25) is 14.4 Å². The zero-order valence-corrected chi connectivity index (χ0v) is 31.6. The number of aliphatic hydroxyl groups is 2.